The maximum atomic E-state index is 12.4. The molecule has 0 bridgehead atoms. The van der Waals surface area contributed by atoms with Crippen LogP contribution in [0.15, 0.2) is 72.8 Å². The topological polar surface area (TPSA) is 55.4 Å². The normalized spacial score (nSPS) is 11.7. The molecule has 0 radical (unpaired) electrons. The predicted octanol–water partition coefficient (Wildman–Crippen LogP) is 3.35. The zero-order valence-corrected chi connectivity index (χ0v) is 13.9. The summed E-state index contributed by atoms with van der Waals surface area (Å²) in [5, 5.41) is 4.94. The second-order valence-electron chi connectivity index (χ2n) is 5.76. The summed E-state index contributed by atoms with van der Waals surface area (Å²) >= 11 is 0. The Morgan fingerprint density at radius 1 is 0.920 bits per heavy atom. The SMILES string of the molecule is COC(=O)[C@@H](Cc1cccc2ccccc12)NC(=O)c1ccccc1. The highest BCUT2D eigenvalue weighted by Gasteiger charge is 2.23. The van der Waals surface area contributed by atoms with Crippen LogP contribution in [0, 0.1) is 0 Å². The third-order valence-electron chi connectivity index (χ3n) is 4.13. The standard InChI is InChI=1S/C21H19NO3/c1-25-21(24)19(22-20(23)16-9-3-2-4-10-16)14-17-12-7-11-15-8-5-6-13-18(15)17/h2-13,19H,14H2,1H3,(H,22,23)/t19-/m1/s1. The number of nitrogens with one attached hydrogen (secondary N) is 1. The minimum atomic E-state index is -0.747. The van der Waals surface area contributed by atoms with E-state index in [0.29, 0.717) is 12.0 Å². The predicted molar refractivity (Wildman–Crippen MR) is 97.4 cm³/mol. The van der Waals surface area contributed by atoms with E-state index in [1.807, 2.05) is 48.5 Å². The van der Waals surface area contributed by atoms with Crippen molar-refractivity contribution >= 4 is 22.6 Å². The molecule has 3 aromatic rings. The number of carbonyl (C=O) groups excluding carboxylic acids is 2. The molecule has 3 aromatic carbocycles. The molecular formula is C21H19NO3. The molecule has 0 fully saturated rings. The van der Waals surface area contributed by atoms with Crippen molar-refractivity contribution in [3.63, 3.8) is 0 Å². The molecule has 25 heavy (non-hydrogen) atoms. The largest absolute Gasteiger partial charge is 0.467 e. The molecule has 1 N–H and O–H groups in total. The Kier molecular flexibility index (Phi) is 5.09. The maximum absolute atomic E-state index is 12.4. The fourth-order valence-corrected chi connectivity index (χ4v) is 2.86. The highest BCUT2D eigenvalue weighted by atomic mass is 16.5. The molecular weight excluding hydrogens is 314 g/mol. The van der Waals surface area contributed by atoms with Crippen molar-refractivity contribution in [2.75, 3.05) is 7.11 Å². The lowest BCUT2D eigenvalue weighted by Gasteiger charge is -2.17. The maximum Gasteiger partial charge on any atom is 0.328 e. The van der Waals surface area contributed by atoms with Gasteiger partial charge in [0.15, 0.2) is 0 Å². The number of esters is 1. The minimum Gasteiger partial charge on any atom is -0.467 e. The summed E-state index contributed by atoms with van der Waals surface area (Å²) in [6.07, 6.45) is 0.368. The first-order chi connectivity index (χ1) is 12.2. The van der Waals surface area contributed by atoms with Crippen LogP contribution >= 0.6 is 0 Å². The Morgan fingerprint density at radius 3 is 2.36 bits per heavy atom. The van der Waals surface area contributed by atoms with Crippen LogP contribution in [-0.2, 0) is 16.0 Å². The van der Waals surface area contributed by atoms with Gasteiger partial charge < -0.3 is 10.1 Å². The fraction of sp³-hybridized carbons (Fsp3) is 0.143. The first kappa shape index (κ1) is 16.7. The number of hydrogen-bond donors (Lipinski definition) is 1. The summed E-state index contributed by atoms with van der Waals surface area (Å²) in [5.74, 6) is -0.756. The molecule has 3 rings (SSSR count). The second kappa shape index (κ2) is 7.62. The van der Waals surface area contributed by atoms with Crippen LogP contribution in [0.3, 0.4) is 0 Å². The van der Waals surface area contributed by atoms with Gasteiger partial charge in [0.1, 0.15) is 6.04 Å². The molecule has 0 aliphatic heterocycles. The van der Waals surface area contributed by atoms with Gasteiger partial charge in [-0.3, -0.25) is 4.79 Å². The highest BCUT2D eigenvalue weighted by molar-refractivity contribution is 5.97. The van der Waals surface area contributed by atoms with Crippen molar-refractivity contribution < 1.29 is 14.3 Å². The number of hydrogen-bond acceptors (Lipinski definition) is 3. The Morgan fingerprint density at radius 2 is 1.60 bits per heavy atom. The number of methoxy groups -OCH3 is 1. The molecule has 4 nitrogen and oxygen atoms in total. The monoisotopic (exact) mass is 333 g/mol. The van der Waals surface area contributed by atoms with Crippen LogP contribution in [-0.4, -0.2) is 25.0 Å². The molecule has 0 unspecified atom stereocenters. The zero-order chi connectivity index (χ0) is 17.6. The van der Waals surface area contributed by atoms with E-state index in [-0.39, 0.29) is 5.91 Å². The van der Waals surface area contributed by atoms with Gasteiger partial charge in [-0.15, -0.1) is 0 Å². The van der Waals surface area contributed by atoms with Crippen molar-refractivity contribution in [3.05, 3.63) is 83.9 Å². The van der Waals surface area contributed by atoms with Crippen molar-refractivity contribution in [2.24, 2.45) is 0 Å². The van der Waals surface area contributed by atoms with E-state index in [0.717, 1.165) is 16.3 Å². The third-order valence-corrected chi connectivity index (χ3v) is 4.13. The van der Waals surface area contributed by atoms with Gasteiger partial charge in [-0.1, -0.05) is 60.7 Å². The van der Waals surface area contributed by atoms with E-state index in [9.17, 15) is 9.59 Å². The van der Waals surface area contributed by atoms with Crippen LogP contribution in [0.1, 0.15) is 15.9 Å². The summed E-state index contributed by atoms with van der Waals surface area (Å²) in [6.45, 7) is 0. The Balaban J connectivity index is 1.86. The smallest absolute Gasteiger partial charge is 0.328 e. The number of rotatable bonds is 5. The van der Waals surface area contributed by atoms with E-state index in [1.54, 1.807) is 24.3 Å². The summed E-state index contributed by atoms with van der Waals surface area (Å²) in [7, 11) is 1.33. The second-order valence-corrected chi connectivity index (χ2v) is 5.76. The fourth-order valence-electron chi connectivity index (χ4n) is 2.86. The summed E-state index contributed by atoms with van der Waals surface area (Å²) < 4.78 is 4.88. The molecule has 4 heteroatoms. The van der Waals surface area contributed by atoms with Crippen LogP contribution in [0.25, 0.3) is 10.8 Å². The van der Waals surface area contributed by atoms with Gasteiger partial charge in [-0.25, -0.2) is 4.79 Å². The zero-order valence-electron chi connectivity index (χ0n) is 13.9. The first-order valence-corrected chi connectivity index (χ1v) is 8.09. The van der Waals surface area contributed by atoms with Crippen molar-refractivity contribution in [3.8, 4) is 0 Å². The number of carbonyl (C=O) groups is 2. The molecule has 1 atom stereocenters. The number of fused-ring (bicyclic) bond motifs is 1. The average Bonchev–Trinajstić information content (AvgIpc) is 2.67. The summed E-state index contributed by atoms with van der Waals surface area (Å²) in [4.78, 5) is 24.6. The lowest BCUT2D eigenvalue weighted by Crippen LogP contribution is -2.43. The van der Waals surface area contributed by atoms with Gasteiger partial charge >= 0.3 is 5.97 Å². The van der Waals surface area contributed by atoms with Crippen LogP contribution in [0.5, 0.6) is 0 Å². The van der Waals surface area contributed by atoms with Crippen LogP contribution < -0.4 is 5.32 Å². The number of amides is 1. The average molecular weight is 333 g/mol. The van der Waals surface area contributed by atoms with E-state index in [1.165, 1.54) is 7.11 Å². The lowest BCUT2D eigenvalue weighted by atomic mass is 9.98. The van der Waals surface area contributed by atoms with Crippen molar-refractivity contribution in [1.29, 1.82) is 0 Å². The van der Waals surface area contributed by atoms with E-state index < -0.39 is 12.0 Å². The van der Waals surface area contributed by atoms with Gasteiger partial charge in [0, 0.05) is 12.0 Å². The Hall–Kier alpha value is -3.14. The summed E-state index contributed by atoms with van der Waals surface area (Å²) in [5.41, 5.74) is 1.50. The highest BCUT2D eigenvalue weighted by Crippen LogP contribution is 2.20. The Labute approximate surface area is 146 Å². The molecule has 0 heterocycles. The van der Waals surface area contributed by atoms with Gasteiger partial charge in [-0.2, -0.15) is 0 Å². The minimum absolute atomic E-state index is 0.295. The van der Waals surface area contributed by atoms with Gasteiger partial charge in [0.2, 0.25) is 0 Å². The van der Waals surface area contributed by atoms with Gasteiger partial charge in [-0.05, 0) is 28.5 Å². The Bertz CT molecular complexity index is 885. The van der Waals surface area contributed by atoms with E-state index in [4.69, 9.17) is 4.74 Å². The molecule has 0 aliphatic carbocycles. The quantitative estimate of drug-likeness (QED) is 0.729. The molecule has 0 saturated carbocycles. The summed E-state index contributed by atoms with van der Waals surface area (Å²) in [6, 6.07) is 22.0. The molecule has 0 spiro atoms. The van der Waals surface area contributed by atoms with Crippen LogP contribution in [0.2, 0.25) is 0 Å². The molecule has 0 aliphatic rings. The molecule has 1 amide bonds. The molecule has 0 saturated heterocycles. The lowest BCUT2D eigenvalue weighted by molar-refractivity contribution is -0.142. The van der Waals surface area contributed by atoms with Gasteiger partial charge in [0.05, 0.1) is 7.11 Å². The van der Waals surface area contributed by atoms with Crippen molar-refractivity contribution in [1.82, 2.24) is 5.32 Å². The van der Waals surface area contributed by atoms with Crippen molar-refractivity contribution in [2.45, 2.75) is 12.5 Å². The number of benzene rings is 3. The number of ether oxygens (including phenoxy) is 1. The third kappa shape index (κ3) is 3.86. The first-order valence-electron chi connectivity index (χ1n) is 8.09. The van der Waals surface area contributed by atoms with E-state index in [2.05, 4.69) is 5.32 Å². The van der Waals surface area contributed by atoms with Gasteiger partial charge in [0.25, 0.3) is 5.91 Å². The van der Waals surface area contributed by atoms with Crippen LogP contribution in [0.4, 0.5) is 0 Å². The molecule has 126 valence electrons. The molecule has 0 aromatic heterocycles. The van der Waals surface area contributed by atoms with E-state index >= 15 is 0 Å².